The third-order valence-corrected chi connectivity index (χ3v) is 6.88. The molecule has 0 atom stereocenters. The minimum absolute atomic E-state index is 0.239. The number of benzene rings is 2. The van der Waals surface area contributed by atoms with E-state index in [2.05, 4.69) is 58.6 Å². The van der Waals surface area contributed by atoms with Crippen LogP contribution in [-0.4, -0.2) is 35.5 Å². The van der Waals surface area contributed by atoms with E-state index in [1.807, 2.05) is 54.7 Å². The monoisotopic (exact) mass is 555 g/mol. The number of anilines is 4. The van der Waals surface area contributed by atoms with Gasteiger partial charge in [0.15, 0.2) is 5.65 Å². The number of carbonyl (C=O) groups excluding carboxylic acids is 1. The molecule has 0 bridgehead atoms. The van der Waals surface area contributed by atoms with E-state index >= 15 is 0 Å². The molecule has 208 valence electrons. The van der Waals surface area contributed by atoms with Gasteiger partial charge in [-0.05, 0) is 53.3 Å². The molecule has 6 aromatic rings. The van der Waals surface area contributed by atoms with Gasteiger partial charge < -0.3 is 16.0 Å². The van der Waals surface area contributed by atoms with E-state index in [-0.39, 0.29) is 11.8 Å². The van der Waals surface area contributed by atoms with Gasteiger partial charge in [-0.25, -0.2) is 0 Å². The zero-order valence-electron chi connectivity index (χ0n) is 23.2. The molecule has 10 nitrogen and oxygen atoms in total. The van der Waals surface area contributed by atoms with Gasteiger partial charge in [-0.2, -0.15) is 19.6 Å². The molecule has 42 heavy (non-hydrogen) atoms. The molecule has 6 rings (SSSR count). The van der Waals surface area contributed by atoms with Crippen molar-refractivity contribution >= 4 is 45.6 Å². The fourth-order valence-electron chi connectivity index (χ4n) is 4.78. The summed E-state index contributed by atoms with van der Waals surface area (Å²) in [5.41, 5.74) is 6.18. The van der Waals surface area contributed by atoms with Crippen LogP contribution < -0.4 is 16.0 Å². The summed E-state index contributed by atoms with van der Waals surface area (Å²) in [7, 11) is 0. The zero-order chi connectivity index (χ0) is 29.1. The number of rotatable bonds is 9. The van der Waals surface area contributed by atoms with E-state index in [1.54, 1.807) is 23.1 Å². The van der Waals surface area contributed by atoms with Gasteiger partial charge >= 0.3 is 0 Å². The highest BCUT2D eigenvalue weighted by Crippen LogP contribution is 2.31. The van der Waals surface area contributed by atoms with Crippen LogP contribution in [0.25, 0.3) is 27.7 Å². The summed E-state index contributed by atoms with van der Waals surface area (Å²) in [6, 6.07) is 19.6. The predicted molar refractivity (Wildman–Crippen MR) is 166 cm³/mol. The molecule has 4 aromatic heterocycles. The normalized spacial score (nSPS) is 11.1. The van der Waals surface area contributed by atoms with Crippen LogP contribution in [0.5, 0.6) is 0 Å². The summed E-state index contributed by atoms with van der Waals surface area (Å²) in [5, 5.41) is 16.1. The standard InChI is InChI=1S/C32H29N9O/c1-4-28(42)37-24-9-10-26-21(17-24)11-16-34-29(26)25-8-6-5-7-22(25)18-35-32-40-31(38-23-12-14-33-15-13-23)39-30-27(20(2)3)19-36-41(30)32/h4-17,19-20H,1,18H2,2-3H3,(H,37,42)(H2,33,35,38,39,40). The molecule has 0 spiro atoms. The van der Waals surface area contributed by atoms with Crippen LogP contribution in [-0.2, 0) is 11.3 Å². The molecule has 2 aromatic carbocycles. The molecular weight excluding hydrogens is 526 g/mol. The maximum atomic E-state index is 11.8. The van der Waals surface area contributed by atoms with Crippen molar-refractivity contribution in [1.82, 2.24) is 29.5 Å². The maximum Gasteiger partial charge on any atom is 0.247 e. The van der Waals surface area contributed by atoms with E-state index in [4.69, 9.17) is 15.0 Å². The fraction of sp³-hybridized carbons (Fsp3) is 0.125. The Morgan fingerprint density at radius 1 is 1.00 bits per heavy atom. The summed E-state index contributed by atoms with van der Waals surface area (Å²) < 4.78 is 1.74. The molecule has 0 saturated carbocycles. The number of carbonyl (C=O) groups is 1. The van der Waals surface area contributed by atoms with Gasteiger partial charge in [0.25, 0.3) is 0 Å². The second-order valence-electron chi connectivity index (χ2n) is 10.0. The number of aromatic nitrogens is 6. The smallest absolute Gasteiger partial charge is 0.247 e. The first-order valence-electron chi connectivity index (χ1n) is 13.6. The summed E-state index contributed by atoms with van der Waals surface area (Å²) >= 11 is 0. The number of nitrogens with zero attached hydrogens (tertiary/aromatic N) is 6. The lowest BCUT2D eigenvalue weighted by molar-refractivity contribution is -0.111. The highest BCUT2D eigenvalue weighted by atomic mass is 16.1. The molecule has 0 aliphatic rings. The third kappa shape index (κ3) is 5.37. The number of fused-ring (bicyclic) bond motifs is 2. The lowest BCUT2D eigenvalue weighted by Crippen LogP contribution is -2.11. The minimum Gasteiger partial charge on any atom is -0.350 e. The van der Waals surface area contributed by atoms with Gasteiger partial charge in [-0.3, -0.25) is 14.8 Å². The first kappa shape index (κ1) is 26.6. The van der Waals surface area contributed by atoms with Crippen LogP contribution in [0.15, 0.2) is 98.1 Å². The van der Waals surface area contributed by atoms with Crippen LogP contribution in [0.1, 0.15) is 30.9 Å². The molecule has 0 aliphatic heterocycles. The summed E-state index contributed by atoms with van der Waals surface area (Å²) in [6.45, 7) is 8.23. The van der Waals surface area contributed by atoms with Crippen molar-refractivity contribution < 1.29 is 4.79 Å². The second kappa shape index (κ2) is 11.5. The molecule has 0 saturated heterocycles. The lowest BCUT2D eigenvalue weighted by Gasteiger charge is -2.15. The summed E-state index contributed by atoms with van der Waals surface area (Å²) in [6.07, 6.45) is 8.31. The van der Waals surface area contributed by atoms with E-state index < -0.39 is 0 Å². The average Bonchev–Trinajstić information content (AvgIpc) is 3.45. The molecule has 10 heteroatoms. The van der Waals surface area contributed by atoms with Gasteiger partial charge in [0, 0.05) is 53.0 Å². The van der Waals surface area contributed by atoms with Crippen LogP contribution in [0.4, 0.5) is 23.3 Å². The Morgan fingerprint density at radius 2 is 1.83 bits per heavy atom. The average molecular weight is 556 g/mol. The van der Waals surface area contributed by atoms with Crippen LogP contribution >= 0.6 is 0 Å². The fourth-order valence-corrected chi connectivity index (χ4v) is 4.78. The van der Waals surface area contributed by atoms with Crippen LogP contribution in [0, 0.1) is 0 Å². The topological polar surface area (TPSA) is 122 Å². The second-order valence-corrected chi connectivity index (χ2v) is 10.0. The molecule has 0 unspecified atom stereocenters. The van der Waals surface area contributed by atoms with Gasteiger partial charge in [0.1, 0.15) is 0 Å². The number of nitrogens with one attached hydrogen (secondary N) is 3. The van der Waals surface area contributed by atoms with Crippen molar-refractivity contribution in [2.75, 3.05) is 16.0 Å². The quantitative estimate of drug-likeness (QED) is 0.177. The molecule has 0 fully saturated rings. The van der Waals surface area contributed by atoms with Gasteiger partial charge in [-0.1, -0.05) is 50.8 Å². The van der Waals surface area contributed by atoms with Crippen LogP contribution in [0.3, 0.4) is 0 Å². The first-order valence-corrected chi connectivity index (χ1v) is 13.6. The Morgan fingerprint density at radius 3 is 2.64 bits per heavy atom. The molecule has 0 radical (unpaired) electrons. The number of pyridine rings is 2. The van der Waals surface area contributed by atoms with E-state index in [1.165, 1.54) is 6.08 Å². The number of amides is 1. The number of hydrogen-bond acceptors (Lipinski definition) is 8. The Hall–Kier alpha value is -5.64. The van der Waals surface area contributed by atoms with Crippen molar-refractivity contribution in [2.45, 2.75) is 26.3 Å². The molecule has 0 aliphatic carbocycles. The Balaban J connectivity index is 1.35. The summed E-state index contributed by atoms with van der Waals surface area (Å²) in [4.78, 5) is 30.2. The Bertz CT molecular complexity index is 1910. The van der Waals surface area contributed by atoms with Crippen molar-refractivity contribution in [3.63, 3.8) is 0 Å². The predicted octanol–water partition coefficient (Wildman–Crippen LogP) is 6.34. The van der Waals surface area contributed by atoms with Crippen molar-refractivity contribution in [3.05, 3.63) is 109 Å². The highest BCUT2D eigenvalue weighted by Gasteiger charge is 2.17. The Kier molecular flexibility index (Phi) is 7.25. The highest BCUT2D eigenvalue weighted by molar-refractivity contribution is 6.02. The third-order valence-electron chi connectivity index (χ3n) is 6.88. The first-order chi connectivity index (χ1) is 20.5. The van der Waals surface area contributed by atoms with Crippen LogP contribution in [0.2, 0.25) is 0 Å². The number of hydrogen-bond donors (Lipinski definition) is 3. The van der Waals surface area contributed by atoms with Crippen molar-refractivity contribution in [2.24, 2.45) is 0 Å². The molecule has 3 N–H and O–H groups in total. The zero-order valence-corrected chi connectivity index (χ0v) is 23.2. The van der Waals surface area contributed by atoms with Crippen molar-refractivity contribution in [3.8, 4) is 11.3 Å². The van der Waals surface area contributed by atoms with Gasteiger partial charge in [-0.15, -0.1) is 0 Å². The van der Waals surface area contributed by atoms with E-state index in [9.17, 15) is 4.79 Å². The molecule has 1 amide bonds. The van der Waals surface area contributed by atoms with E-state index in [0.717, 1.165) is 44.5 Å². The molecule has 4 heterocycles. The van der Waals surface area contributed by atoms with Gasteiger partial charge in [0.05, 0.1) is 11.9 Å². The van der Waals surface area contributed by atoms with E-state index in [0.29, 0.717) is 24.1 Å². The Labute approximate surface area is 242 Å². The summed E-state index contributed by atoms with van der Waals surface area (Å²) in [5.74, 6) is 1.01. The van der Waals surface area contributed by atoms with Gasteiger partial charge in [0.2, 0.25) is 17.8 Å². The minimum atomic E-state index is -0.254. The largest absolute Gasteiger partial charge is 0.350 e. The van der Waals surface area contributed by atoms with Crippen molar-refractivity contribution in [1.29, 1.82) is 0 Å². The SMILES string of the molecule is C=CC(=O)Nc1ccc2c(-c3ccccc3CNc3nc(Nc4ccncc4)nc4c(C(C)C)cnn34)nccc2c1. The molecular formula is C32H29N9O. The maximum absolute atomic E-state index is 11.8. The lowest BCUT2D eigenvalue weighted by atomic mass is 9.99.